The summed E-state index contributed by atoms with van der Waals surface area (Å²) >= 11 is 0. The molecule has 0 aromatic carbocycles. The molecule has 0 radical (unpaired) electrons. The first-order valence-electron chi connectivity index (χ1n) is 2.34. The monoisotopic (exact) mass is 123 g/mol. The van der Waals surface area contributed by atoms with Gasteiger partial charge in [0.05, 0.1) is 0 Å². The van der Waals surface area contributed by atoms with Gasteiger partial charge in [0.25, 0.3) is 5.89 Å². The van der Waals surface area contributed by atoms with E-state index in [-0.39, 0.29) is 11.7 Å². The lowest BCUT2D eigenvalue weighted by Crippen LogP contribution is -1.77. The van der Waals surface area contributed by atoms with Gasteiger partial charge in [-0.1, -0.05) is 11.6 Å². The van der Waals surface area contributed by atoms with E-state index in [0.29, 0.717) is 5.89 Å². The van der Waals surface area contributed by atoms with Crippen LogP contribution in [0.1, 0.15) is 5.89 Å². The molecule has 4 nitrogen and oxygen atoms in total. The molecule has 0 saturated carbocycles. The van der Waals surface area contributed by atoms with E-state index in [1.54, 1.807) is 6.92 Å². The number of nitrogens with zero attached hydrogens (tertiary/aromatic N) is 2. The molecule has 0 saturated heterocycles. The Bertz CT molecular complexity index is 258. The number of nitrogens with two attached hydrogens (primary N) is 1. The third-order valence-electron chi connectivity index (χ3n) is 0.847. The topological polar surface area (TPSA) is 56.4 Å². The summed E-state index contributed by atoms with van der Waals surface area (Å²) in [7, 11) is 0. The zero-order valence-corrected chi connectivity index (χ0v) is 4.88. The van der Waals surface area contributed by atoms with E-state index in [4.69, 9.17) is 16.7 Å². The zero-order chi connectivity index (χ0) is 6.85. The molecule has 0 aliphatic carbocycles. The summed E-state index contributed by atoms with van der Waals surface area (Å²) in [6.45, 7) is 8.16. The van der Waals surface area contributed by atoms with Crippen molar-refractivity contribution in [2.24, 2.45) is 0 Å². The molecule has 2 N–H and O–H groups in total. The Balaban J connectivity index is 3.20. The molecular formula is C5H5N3O. The fourth-order valence-corrected chi connectivity index (χ4v) is 0.512. The normalized spacial score (nSPS) is 8.89. The number of oxazole rings is 1. The van der Waals surface area contributed by atoms with Crippen LogP contribution in [-0.4, -0.2) is 4.98 Å². The lowest BCUT2D eigenvalue weighted by Gasteiger charge is -1.77. The number of hydrogen-bond donors (Lipinski definition) is 1. The van der Waals surface area contributed by atoms with Crippen LogP contribution in [0, 0.1) is 13.5 Å². The van der Waals surface area contributed by atoms with Crippen molar-refractivity contribution in [2.75, 3.05) is 5.73 Å². The molecule has 9 heavy (non-hydrogen) atoms. The van der Waals surface area contributed by atoms with Gasteiger partial charge >= 0.3 is 5.82 Å². The van der Waals surface area contributed by atoms with Crippen LogP contribution in [0.2, 0.25) is 0 Å². The molecule has 1 heterocycles. The summed E-state index contributed by atoms with van der Waals surface area (Å²) in [5.74, 6) is 0.675. The van der Waals surface area contributed by atoms with Crippen LogP contribution in [0.15, 0.2) is 4.42 Å². The minimum absolute atomic E-state index is 0.0995. The van der Waals surface area contributed by atoms with Gasteiger partial charge in [-0.15, -0.1) is 0 Å². The van der Waals surface area contributed by atoms with Crippen LogP contribution in [0.4, 0.5) is 11.7 Å². The van der Waals surface area contributed by atoms with Gasteiger partial charge in [-0.05, 0) is 0 Å². The minimum atomic E-state index is 0.0995. The average molecular weight is 123 g/mol. The molecule has 4 heteroatoms. The Hall–Kier alpha value is -1.50. The van der Waals surface area contributed by atoms with Crippen molar-refractivity contribution in [1.82, 2.24) is 4.98 Å². The molecule has 1 rings (SSSR count). The Labute approximate surface area is 52.1 Å². The largest absolute Gasteiger partial charge is 0.417 e. The van der Waals surface area contributed by atoms with Gasteiger partial charge in [-0.25, -0.2) is 0 Å². The van der Waals surface area contributed by atoms with E-state index in [2.05, 4.69) is 9.83 Å². The van der Waals surface area contributed by atoms with E-state index in [1.165, 1.54) is 0 Å². The second-order valence-corrected chi connectivity index (χ2v) is 1.53. The van der Waals surface area contributed by atoms with E-state index in [9.17, 15) is 0 Å². The van der Waals surface area contributed by atoms with Crippen molar-refractivity contribution >= 4 is 11.7 Å². The predicted octanol–water partition coefficient (Wildman–Crippen LogP) is 1.12. The van der Waals surface area contributed by atoms with Crippen LogP contribution < -0.4 is 5.73 Å². The van der Waals surface area contributed by atoms with Crippen LogP contribution in [0.25, 0.3) is 4.85 Å². The number of hydrogen-bond acceptors (Lipinski definition) is 3. The summed E-state index contributed by atoms with van der Waals surface area (Å²) < 4.78 is 4.76. The molecule has 1 aromatic heterocycles. The van der Waals surface area contributed by atoms with Gasteiger partial charge in [0.1, 0.15) is 0 Å². The fourth-order valence-electron chi connectivity index (χ4n) is 0.512. The smallest absolute Gasteiger partial charge is 0.332 e. The predicted molar refractivity (Wildman–Crippen MR) is 31.9 cm³/mol. The standard InChI is InChI=1S/C5H5N3O/c1-3-8-5(7-2)4(6)9-3/h6H2,1H3. The highest BCUT2D eigenvalue weighted by molar-refractivity contribution is 5.54. The van der Waals surface area contributed by atoms with Crippen LogP contribution in [0.3, 0.4) is 0 Å². The highest BCUT2D eigenvalue weighted by Gasteiger charge is 2.06. The third-order valence-corrected chi connectivity index (χ3v) is 0.847. The van der Waals surface area contributed by atoms with E-state index in [0.717, 1.165) is 0 Å². The summed E-state index contributed by atoms with van der Waals surface area (Å²) in [6.07, 6.45) is 0. The zero-order valence-electron chi connectivity index (χ0n) is 4.88. The van der Waals surface area contributed by atoms with Gasteiger partial charge in [0.15, 0.2) is 0 Å². The quantitative estimate of drug-likeness (QED) is 0.526. The molecule has 46 valence electrons. The van der Waals surface area contributed by atoms with Crippen molar-refractivity contribution in [3.63, 3.8) is 0 Å². The van der Waals surface area contributed by atoms with Gasteiger partial charge in [-0.3, -0.25) is 0 Å². The van der Waals surface area contributed by atoms with Crippen molar-refractivity contribution in [3.05, 3.63) is 17.3 Å². The molecule has 0 amide bonds. The molecule has 0 fully saturated rings. The number of aryl methyl sites for hydroxylation is 1. The SMILES string of the molecule is [C-]#[N+]c1nc(C)oc1N. The Kier molecular flexibility index (Phi) is 1.12. The van der Waals surface area contributed by atoms with Crippen molar-refractivity contribution < 1.29 is 4.42 Å². The lowest BCUT2D eigenvalue weighted by molar-refractivity contribution is 0.539. The van der Waals surface area contributed by atoms with E-state index >= 15 is 0 Å². The maximum absolute atomic E-state index is 6.52. The number of nitrogen functional groups attached to an aromatic ring is 1. The van der Waals surface area contributed by atoms with Gasteiger partial charge < -0.3 is 15.0 Å². The summed E-state index contributed by atoms with van der Waals surface area (Å²) in [5.41, 5.74) is 5.21. The maximum atomic E-state index is 6.52. The van der Waals surface area contributed by atoms with Crippen LogP contribution in [0.5, 0.6) is 0 Å². The third kappa shape index (κ3) is 0.842. The highest BCUT2D eigenvalue weighted by atomic mass is 16.4. The Morgan fingerprint density at radius 2 is 2.44 bits per heavy atom. The molecule has 0 atom stereocenters. The lowest BCUT2D eigenvalue weighted by atomic mass is 10.7. The first-order chi connectivity index (χ1) is 4.24. The number of aromatic nitrogens is 1. The summed E-state index contributed by atoms with van der Waals surface area (Å²) in [6, 6.07) is 0. The molecule has 1 aromatic rings. The van der Waals surface area contributed by atoms with Crippen molar-refractivity contribution in [3.8, 4) is 0 Å². The van der Waals surface area contributed by atoms with E-state index < -0.39 is 0 Å². The molecule has 0 spiro atoms. The van der Waals surface area contributed by atoms with Gasteiger partial charge in [0, 0.05) is 6.92 Å². The molecular weight excluding hydrogens is 118 g/mol. The number of anilines is 1. The molecule has 0 unspecified atom stereocenters. The van der Waals surface area contributed by atoms with Crippen LogP contribution >= 0.6 is 0 Å². The van der Waals surface area contributed by atoms with Crippen LogP contribution in [-0.2, 0) is 0 Å². The van der Waals surface area contributed by atoms with Gasteiger partial charge in [0.2, 0.25) is 5.88 Å². The number of rotatable bonds is 0. The maximum Gasteiger partial charge on any atom is 0.332 e. The van der Waals surface area contributed by atoms with Crippen molar-refractivity contribution in [2.45, 2.75) is 6.92 Å². The molecule has 0 aliphatic rings. The first kappa shape index (κ1) is 5.63. The Morgan fingerprint density at radius 3 is 2.67 bits per heavy atom. The summed E-state index contributed by atoms with van der Waals surface area (Å²) in [5, 5.41) is 0. The summed E-state index contributed by atoms with van der Waals surface area (Å²) in [4.78, 5) is 6.69. The fraction of sp³-hybridized carbons (Fsp3) is 0.200. The molecule has 0 aliphatic heterocycles. The van der Waals surface area contributed by atoms with Crippen molar-refractivity contribution in [1.29, 1.82) is 0 Å². The average Bonchev–Trinajstić information content (AvgIpc) is 2.10. The minimum Gasteiger partial charge on any atom is -0.417 e. The second kappa shape index (κ2) is 1.78. The highest BCUT2D eigenvalue weighted by Crippen LogP contribution is 2.20. The molecule has 0 bridgehead atoms. The van der Waals surface area contributed by atoms with E-state index in [1.807, 2.05) is 0 Å². The second-order valence-electron chi connectivity index (χ2n) is 1.53. The Morgan fingerprint density at radius 1 is 1.78 bits per heavy atom. The van der Waals surface area contributed by atoms with Gasteiger partial charge in [-0.2, -0.15) is 0 Å². The first-order valence-corrected chi connectivity index (χ1v) is 2.34.